The fraction of sp³-hybridized carbons (Fsp3) is 0.429. The Morgan fingerprint density at radius 2 is 2.15 bits per heavy atom. The molecule has 2 aromatic rings. The van der Waals surface area contributed by atoms with E-state index in [4.69, 9.17) is 10.5 Å². The van der Waals surface area contributed by atoms with Crippen LogP contribution in [0, 0.1) is 0 Å². The SMILES string of the molecule is CC1CN(C(=O)c2sc3cnccc3c2N)CC(C)O1. The quantitative estimate of drug-likeness (QED) is 0.874. The summed E-state index contributed by atoms with van der Waals surface area (Å²) in [7, 11) is 0. The van der Waals surface area contributed by atoms with E-state index in [2.05, 4.69) is 4.98 Å². The lowest BCUT2D eigenvalue weighted by atomic mass is 10.2. The Hall–Kier alpha value is -1.66. The van der Waals surface area contributed by atoms with Crippen molar-refractivity contribution in [2.24, 2.45) is 0 Å². The summed E-state index contributed by atoms with van der Waals surface area (Å²) < 4.78 is 6.61. The molecule has 1 aliphatic rings. The van der Waals surface area contributed by atoms with E-state index in [1.54, 1.807) is 12.4 Å². The van der Waals surface area contributed by atoms with Crippen molar-refractivity contribution in [3.05, 3.63) is 23.3 Å². The third kappa shape index (κ3) is 2.25. The first-order chi connectivity index (χ1) is 9.56. The summed E-state index contributed by atoms with van der Waals surface area (Å²) in [4.78, 5) is 19.2. The number of amides is 1. The first-order valence-corrected chi connectivity index (χ1v) is 7.44. The maximum Gasteiger partial charge on any atom is 0.266 e. The number of pyridine rings is 1. The van der Waals surface area contributed by atoms with Crippen molar-refractivity contribution in [3.8, 4) is 0 Å². The molecule has 2 atom stereocenters. The number of carbonyl (C=O) groups is 1. The predicted molar refractivity (Wildman–Crippen MR) is 79.9 cm³/mol. The van der Waals surface area contributed by atoms with Gasteiger partial charge in [-0.05, 0) is 19.9 Å². The van der Waals surface area contributed by atoms with Gasteiger partial charge in [-0.25, -0.2) is 0 Å². The molecular formula is C14H17N3O2S. The molecule has 0 aliphatic carbocycles. The van der Waals surface area contributed by atoms with E-state index in [1.807, 2.05) is 24.8 Å². The molecule has 1 fully saturated rings. The van der Waals surface area contributed by atoms with Gasteiger partial charge in [-0.1, -0.05) is 0 Å². The van der Waals surface area contributed by atoms with Crippen LogP contribution < -0.4 is 5.73 Å². The average Bonchev–Trinajstić information content (AvgIpc) is 2.75. The monoisotopic (exact) mass is 291 g/mol. The summed E-state index contributed by atoms with van der Waals surface area (Å²) >= 11 is 1.41. The van der Waals surface area contributed by atoms with Gasteiger partial charge in [-0.3, -0.25) is 9.78 Å². The number of thiophene rings is 1. The molecule has 6 heteroatoms. The van der Waals surface area contributed by atoms with E-state index in [-0.39, 0.29) is 18.1 Å². The highest BCUT2D eigenvalue weighted by atomic mass is 32.1. The fourth-order valence-electron chi connectivity index (χ4n) is 2.62. The van der Waals surface area contributed by atoms with Crippen LogP contribution in [0.1, 0.15) is 23.5 Å². The highest BCUT2D eigenvalue weighted by molar-refractivity contribution is 7.21. The van der Waals surface area contributed by atoms with Gasteiger partial charge in [0.1, 0.15) is 4.88 Å². The van der Waals surface area contributed by atoms with Crippen molar-refractivity contribution in [2.45, 2.75) is 26.1 Å². The lowest BCUT2D eigenvalue weighted by Crippen LogP contribution is -2.48. The number of nitrogen functional groups attached to an aromatic ring is 1. The Kier molecular flexibility index (Phi) is 3.35. The predicted octanol–water partition coefficient (Wildman–Crippen LogP) is 2.13. The minimum atomic E-state index is -0.00861. The lowest BCUT2D eigenvalue weighted by Gasteiger charge is -2.35. The van der Waals surface area contributed by atoms with E-state index in [9.17, 15) is 4.79 Å². The number of anilines is 1. The van der Waals surface area contributed by atoms with Gasteiger partial charge in [-0.15, -0.1) is 11.3 Å². The van der Waals surface area contributed by atoms with Gasteiger partial charge in [0.05, 0.1) is 22.6 Å². The number of rotatable bonds is 1. The Balaban J connectivity index is 1.94. The molecule has 106 valence electrons. The second-order valence-electron chi connectivity index (χ2n) is 5.18. The van der Waals surface area contributed by atoms with Gasteiger partial charge in [0.15, 0.2) is 0 Å². The minimum Gasteiger partial charge on any atom is -0.397 e. The molecule has 2 unspecified atom stereocenters. The van der Waals surface area contributed by atoms with Gasteiger partial charge in [-0.2, -0.15) is 0 Å². The number of fused-ring (bicyclic) bond motifs is 1. The summed E-state index contributed by atoms with van der Waals surface area (Å²) in [5.74, 6) is -0.00861. The zero-order valence-electron chi connectivity index (χ0n) is 11.5. The number of morpholine rings is 1. The molecule has 0 aromatic carbocycles. The molecule has 20 heavy (non-hydrogen) atoms. The van der Waals surface area contributed by atoms with Gasteiger partial charge < -0.3 is 15.4 Å². The highest BCUT2D eigenvalue weighted by Gasteiger charge is 2.29. The molecule has 2 aromatic heterocycles. The van der Waals surface area contributed by atoms with Crippen molar-refractivity contribution in [2.75, 3.05) is 18.8 Å². The largest absolute Gasteiger partial charge is 0.397 e. The third-order valence-electron chi connectivity index (χ3n) is 3.43. The number of ether oxygens (including phenoxy) is 1. The van der Waals surface area contributed by atoms with Crippen LogP contribution in [0.25, 0.3) is 10.1 Å². The zero-order valence-corrected chi connectivity index (χ0v) is 12.3. The summed E-state index contributed by atoms with van der Waals surface area (Å²) in [5, 5.41) is 0.905. The van der Waals surface area contributed by atoms with Crippen LogP contribution in [0.4, 0.5) is 5.69 Å². The Morgan fingerprint density at radius 3 is 2.80 bits per heavy atom. The maximum atomic E-state index is 12.7. The van der Waals surface area contributed by atoms with Crippen LogP contribution in [0.15, 0.2) is 18.5 Å². The van der Waals surface area contributed by atoms with Gasteiger partial charge in [0.2, 0.25) is 0 Å². The van der Waals surface area contributed by atoms with Gasteiger partial charge in [0, 0.05) is 30.9 Å². The average molecular weight is 291 g/mol. The number of nitrogens with two attached hydrogens (primary N) is 1. The van der Waals surface area contributed by atoms with Crippen LogP contribution >= 0.6 is 11.3 Å². The second-order valence-corrected chi connectivity index (χ2v) is 6.24. The summed E-state index contributed by atoms with van der Waals surface area (Å²) in [6, 6.07) is 1.85. The smallest absolute Gasteiger partial charge is 0.266 e. The Labute approximate surface area is 121 Å². The molecule has 0 bridgehead atoms. The first-order valence-electron chi connectivity index (χ1n) is 6.63. The van der Waals surface area contributed by atoms with Gasteiger partial charge >= 0.3 is 0 Å². The number of nitrogens with zero attached hydrogens (tertiary/aromatic N) is 2. The molecule has 5 nitrogen and oxygen atoms in total. The number of aromatic nitrogens is 1. The van der Waals surface area contributed by atoms with Crippen molar-refractivity contribution in [1.29, 1.82) is 0 Å². The Morgan fingerprint density at radius 1 is 1.45 bits per heavy atom. The molecule has 0 radical (unpaired) electrons. The van der Waals surface area contributed by atoms with Crippen molar-refractivity contribution in [3.63, 3.8) is 0 Å². The van der Waals surface area contributed by atoms with E-state index < -0.39 is 0 Å². The van der Waals surface area contributed by atoms with Crippen LogP contribution in [0.3, 0.4) is 0 Å². The summed E-state index contributed by atoms with van der Waals surface area (Å²) in [5.41, 5.74) is 6.68. The van der Waals surface area contributed by atoms with Crippen molar-refractivity contribution < 1.29 is 9.53 Å². The summed E-state index contributed by atoms with van der Waals surface area (Å²) in [6.07, 6.45) is 3.55. The number of hydrogen-bond acceptors (Lipinski definition) is 5. The van der Waals surface area contributed by atoms with Crippen LogP contribution in [0.5, 0.6) is 0 Å². The lowest BCUT2D eigenvalue weighted by molar-refractivity contribution is -0.0584. The second kappa shape index (κ2) is 5.03. The summed E-state index contributed by atoms with van der Waals surface area (Å²) in [6.45, 7) is 5.17. The molecule has 1 saturated heterocycles. The standard InChI is InChI=1S/C14H17N3O2S/c1-8-6-17(7-9(2)19-8)14(18)13-12(15)10-3-4-16-5-11(10)20-13/h3-5,8-9H,6-7,15H2,1-2H3. The zero-order chi connectivity index (χ0) is 14.3. The molecule has 3 rings (SSSR count). The van der Waals surface area contributed by atoms with E-state index >= 15 is 0 Å². The third-order valence-corrected chi connectivity index (χ3v) is 4.58. The molecule has 1 amide bonds. The molecule has 0 spiro atoms. The van der Waals surface area contributed by atoms with Gasteiger partial charge in [0.25, 0.3) is 5.91 Å². The van der Waals surface area contributed by atoms with Crippen molar-refractivity contribution in [1.82, 2.24) is 9.88 Å². The van der Waals surface area contributed by atoms with Crippen LogP contribution in [0.2, 0.25) is 0 Å². The first kappa shape index (κ1) is 13.3. The molecule has 0 saturated carbocycles. The number of carbonyl (C=O) groups excluding carboxylic acids is 1. The normalized spacial score (nSPS) is 23.2. The van der Waals surface area contributed by atoms with E-state index in [0.717, 1.165) is 10.1 Å². The molecule has 3 heterocycles. The maximum absolute atomic E-state index is 12.7. The number of hydrogen-bond donors (Lipinski definition) is 1. The van der Waals surface area contributed by atoms with E-state index in [0.29, 0.717) is 23.7 Å². The van der Waals surface area contributed by atoms with Crippen LogP contribution in [-0.2, 0) is 4.74 Å². The van der Waals surface area contributed by atoms with E-state index in [1.165, 1.54) is 11.3 Å². The van der Waals surface area contributed by atoms with Crippen molar-refractivity contribution >= 4 is 33.0 Å². The topological polar surface area (TPSA) is 68.5 Å². The molecular weight excluding hydrogens is 274 g/mol. The van der Waals surface area contributed by atoms with Crippen LogP contribution in [-0.4, -0.2) is 41.1 Å². The molecule has 2 N–H and O–H groups in total. The minimum absolute atomic E-state index is 0.00861. The fourth-order valence-corrected chi connectivity index (χ4v) is 3.67. The Bertz CT molecular complexity index is 645. The highest BCUT2D eigenvalue weighted by Crippen LogP contribution is 2.34. The molecule has 1 aliphatic heterocycles.